The minimum Gasteiger partial charge on any atom is -0.497 e. The zero-order valence-corrected chi connectivity index (χ0v) is 14.6. The Morgan fingerprint density at radius 3 is 2.12 bits per heavy atom. The van der Waals surface area contributed by atoms with Crippen LogP contribution in [0, 0.1) is 0 Å². The molecule has 0 aromatic heterocycles. The quantitative estimate of drug-likeness (QED) is 0.474. The molecule has 6 heteroatoms. The molecule has 26 heavy (non-hydrogen) atoms. The maximum absolute atomic E-state index is 12.0. The maximum atomic E-state index is 12.0. The summed E-state index contributed by atoms with van der Waals surface area (Å²) in [6, 6.07) is 14.1. The fourth-order valence-corrected chi connectivity index (χ4v) is 2.39. The number of methoxy groups -OCH3 is 1. The molecular formula is C20H18O6. The average molecular weight is 354 g/mol. The highest BCUT2D eigenvalue weighted by atomic mass is 16.7. The number of benzene rings is 2. The number of rotatable bonds is 4. The van der Waals surface area contributed by atoms with E-state index in [1.54, 1.807) is 55.6 Å². The van der Waals surface area contributed by atoms with Crippen LogP contribution in [0.25, 0.3) is 6.08 Å². The van der Waals surface area contributed by atoms with Crippen LogP contribution >= 0.6 is 0 Å². The van der Waals surface area contributed by atoms with Gasteiger partial charge < -0.3 is 18.9 Å². The van der Waals surface area contributed by atoms with Crippen LogP contribution in [0.3, 0.4) is 0 Å². The molecule has 134 valence electrons. The summed E-state index contributed by atoms with van der Waals surface area (Å²) < 4.78 is 21.1. The Balaban J connectivity index is 1.80. The fourth-order valence-electron chi connectivity index (χ4n) is 2.39. The highest BCUT2D eigenvalue weighted by molar-refractivity contribution is 6.18. The number of esters is 2. The van der Waals surface area contributed by atoms with Crippen LogP contribution < -0.4 is 9.47 Å². The number of carbonyl (C=O) groups is 2. The third-order valence-electron chi connectivity index (χ3n) is 3.58. The van der Waals surface area contributed by atoms with Crippen molar-refractivity contribution in [1.29, 1.82) is 0 Å². The molecule has 1 fully saturated rings. The highest BCUT2D eigenvalue weighted by Gasteiger charge is 2.38. The number of ether oxygens (including phenoxy) is 4. The van der Waals surface area contributed by atoms with Gasteiger partial charge in [0.1, 0.15) is 22.8 Å². The second kappa shape index (κ2) is 6.92. The minimum atomic E-state index is -1.26. The third kappa shape index (κ3) is 4.03. The number of cyclic esters (lactones) is 2. The van der Waals surface area contributed by atoms with Crippen molar-refractivity contribution in [2.45, 2.75) is 19.6 Å². The van der Waals surface area contributed by atoms with Gasteiger partial charge in [0.2, 0.25) is 0 Å². The normalized spacial score (nSPS) is 15.7. The molecule has 6 nitrogen and oxygen atoms in total. The van der Waals surface area contributed by atoms with E-state index < -0.39 is 17.7 Å². The topological polar surface area (TPSA) is 71.1 Å². The van der Waals surface area contributed by atoms with E-state index in [9.17, 15) is 9.59 Å². The zero-order valence-electron chi connectivity index (χ0n) is 14.6. The molecule has 0 radical (unpaired) electrons. The van der Waals surface area contributed by atoms with E-state index >= 15 is 0 Å². The van der Waals surface area contributed by atoms with E-state index in [4.69, 9.17) is 18.9 Å². The molecule has 1 heterocycles. The molecule has 2 aromatic carbocycles. The SMILES string of the molecule is COc1ccc(Oc2cccc(C=C3C(=O)OC(C)(C)OC3=O)c2)cc1. The Morgan fingerprint density at radius 2 is 1.50 bits per heavy atom. The summed E-state index contributed by atoms with van der Waals surface area (Å²) in [6.07, 6.45) is 1.42. The number of hydrogen-bond donors (Lipinski definition) is 0. The monoisotopic (exact) mass is 354 g/mol. The fraction of sp³-hybridized carbons (Fsp3) is 0.200. The van der Waals surface area contributed by atoms with Gasteiger partial charge in [0.05, 0.1) is 7.11 Å². The Labute approximate surface area is 150 Å². The van der Waals surface area contributed by atoms with Crippen molar-refractivity contribution in [3.8, 4) is 17.2 Å². The van der Waals surface area contributed by atoms with Gasteiger partial charge in [-0.15, -0.1) is 0 Å². The van der Waals surface area contributed by atoms with E-state index in [1.165, 1.54) is 19.9 Å². The minimum absolute atomic E-state index is 0.161. The van der Waals surface area contributed by atoms with Crippen LogP contribution in [0.1, 0.15) is 19.4 Å². The van der Waals surface area contributed by atoms with E-state index in [2.05, 4.69) is 0 Å². The zero-order chi connectivity index (χ0) is 18.7. The Hall–Kier alpha value is -3.28. The standard InChI is InChI=1S/C20H18O6/c1-20(2)25-18(21)17(19(22)26-20)12-13-5-4-6-16(11-13)24-15-9-7-14(23-3)8-10-15/h4-12H,1-3H3. The van der Waals surface area contributed by atoms with Gasteiger partial charge in [-0.3, -0.25) is 0 Å². The molecule has 3 rings (SSSR count). The average Bonchev–Trinajstić information content (AvgIpc) is 2.58. The number of hydrogen-bond acceptors (Lipinski definition) is 6. The smallest absolute Gasteiger partial charge is 0.348 e. The summed E-state index contributed by atoms with van der Waals surface area (Å²) in [5, 5.41) is 0. The van der Waals surface area contributed by atoms with Crippen molar-refractivity contribution in [2.24, 2.45) is 0 Å². The van der Waals surface area contributed by atoms with Gasteiger partial charge in [0.25, 0.3) is 5.79 Å². The van der Waals surface area contributed by atoms with Crippen LogP contribution in [0.2, 0.25) is 0 Å². The second-order valence-corrected chi connectivity index (χ2v) is 6.09. The van der Waals surface area contributed by atoms with Crippen LogP contribution in [-0.4, -0.2) is 24.8 Å². The van der Waals surface area contributed by atoms with Crippen molar-refractivity contribution in [1.82, 2.24) is 0 Å². The van der Waals surface area contributed by atoms with Gasteiger partial charge in [0, 0.05) is 13.8 Å². The predicted molar refractivity (Wildman–Crippen MR) is 93.8 cm³/mol. The van der Waals surface area contributed by atoms with Gasteiger partial charge in [-0.1, -0.05) is 12.1 Å². The van der Waals surface area contributed by atoms with Crippen molar-refractivity contribution in [2.75, 3.05) is 7.11 Å². The number of carbonyl (C=O) groups excluding carboxylic acids is 2. The molecule has 2 aromatic rings. The molecule has 0 atom stereocenters. The molecule has 0 amide bonds. The second-order valence-electron chi connectivity index (χ2n) is 6.09. The molecule has 0 saturated carbocycles. The van der Waals surface area contributed by atoms with E-state index in [0.717, 1.165) is 5.75 Å². The summed E-state index contributed by atoms with van der Waals surface area (Å²) in [7, 11) is 1.59. The lowest BCUT2D eigenvalue weighted by Crippen LogP contribution is -2.41. The molecule has 0 N–H and O–H groups in total. The highest BCUT2D eigenvalue weighted by Crippen LogP contribution is 2.27. The van der Waals surface area contributed by atoms with Crippen LogP contribution in [0.15, 0.2) is 54.1 Å². The van der Waals surface area contributed by atoms with Gasteiger partial charge in [0.15, 0.2) is 0 Å². The predicted octanol–water partition coefficient (Wildman–Crippen LogP) is 3.71. The lowest BCUT2D eigenvalue weighted by molar-refractivity contribution is -0.222. The van der Waals surface area contributed by atoms with Crippen molar-refractivity contribution in [3.63, 3.8) is 0 Å². The van der Waals surface area contributed by atoms with E-state index in [0.29, 0.717) is 17.1 Å². The molecule has 0 spiro atoms. The van der Waals surface area contributed by atoms with Crippen molar-refractivity contribution >= 4 is 18.0 Å². The summed E-state index contributed by atoms with van der Waals surface area (Å²) in [5.74, 6) is -0.769. The maximum Gasteiger partial charge on any atom is 0.348 e. The Kier molecular flexibility index (Phi) is 4.67. The molecule has 0 bridgehead atoms. The van der Waals surface area contributed by atoms with Gasteiger partial charge >= 0.3 is 11.9 Å². The molecule has 1 aliphatic heterocycles. The lowest BCUT2D eigenvalue weighted by Gasteiger charge is -2.29. The lowest BCUT2D eigenvalue weighted by atomic mass is 10.1. The van der Waals surface area contributed by atoms with Gasteiger partial charge in [-0.05, 0) is 48.0 Å². The first-order chi connectivity index (χ1) is 12.4. The van der Waals surface area contributed by atoms with Crippen LogP contribution in [-0.2, 0) is 19.1 Å². The Morgan fingerprint density at radius 1 is 0.885 bits per heavy atom. The molecule has 0 aliphatic carbocycles. The first-order valence-corrected chi connectivity index (χ1v) is 7.97. The van der Waals surface area contributed by atoms with E-state index in [1.807, 2.05) is 0 Å². The molecule has 0 unspecified atom stereocenters. The van der Waals surface area contributed by atoms with Crippen molar-refractivity contribution in [3.05, 3.63) is 59.7 Å². The Bertz CT molecular complexity index is 842. The van der Waals surface area contributed by atoms with Gasteiger partial charge in [-0.2, -0.15) is 0 Å². The summed E-state index contributed by atoms with van der Waals surface area (Å²) in [4.78, 5) is 24.1. The van der Waals surface area contributed by atoms with Crippen LogP contribution in [0.5, 0.6) is 17.2 Å². The largest absolute Gasteiger partial charge is 0.497 e. The van der Waals surface area contributed by atoms with Gasteiger partial charge in [-0.25, -0.2) is 9.59 Å². The first kappa shape index (κ1) is 17.5. The van der Waals surface area contributed by atoms with E-state index in [-0.39, 0.29) is 5.57 Å². The molecular weight excluding hydrogens is 336 g/mol. The third-order valence-corrected chi connectivity index (χ3v) is 3.58. The first-order valence-electron chi connectivity index (χ1n) is 7.97. The molecule has 1 saturated heterocycles. The van der Waals surface area contributed by atoms with Crippen molar-refractivity contribution < 1.29 is 28.5 Å². The van der Waals surface area contributed by atoms with Crippen LogP contribution in [0.4, 0.5) is 0 Å². The summed E-state index contributed by atoms with van der Waals surface area (Å²) >= 11 is 0. The summed E-state index contributed by atoms with van der Waals surface area (Å²) in [6.45, 7) is 3.01. The molecule has 1 aliphatic rings. The summed E-state index contributed by atoms with van der Waals surface area (Å²) in [5.41, 5.74) is 0.450.